The van der Waals surface area contributed by atoms with E-state index in [9.17, 15) is 0 Å². The lowest BCUT2D eigenvalue weighted by atomic mass is 9.67. The molecule has 2 aromatic heterocycles. The van der Waals surface area contributed by atoms with Crippen molar-refractivity contribution in [3.63, 3.8) is 0 Å². The zero-order valence-corrected chi connectivity index (χ0v) is 21.5. The second-order valence-electron chi connectivity index (χ2n) is 12.3. The third kappa shape index (κ3) is 5.70. The molecule has 0 spiro atoms. The number of nitrogens with zero attached hydrogens (tertiary/aromatic N) is 2. The molecule has 4 aliphatic carbocycles. The van der Waals surface area contributed by atoms with E-state index in [0.29, 0.717) is 11.8 Å². The maximum Gasteiger partial charge on any atom is 0.0921 e. The number of aromatic amines is 2. The first kappa shape index (κ1) is 23.8. The minimum Gasteiger partial charge on any atom is -0.381 e. The Morgan fingerprint density at radius 1 is 0.657 bits per heavy atom. The summed E-state index contributed by atoms with van der Waals surface area (Å²) in [5.41, 5.74) is 2.79. The minimum absolute atomic E-state index is 0.713. The standard InChI is InChI=1S/C30H46N4O/c1-5-21(29(23-11-12-23)25(9-1)27-17-31-19-33-27)7-3-15-35-16-4-8-22-6-2-10-26(28-18-32-20-34-28)30(22)24-13-14-24/h17-26,29-30H,1-16H2,(H,31,33)(H,32,34)/t21?,22?,25-,26-,29+,30+/m0/s1. The molecule has 5 nitrogen and oxygen atoms in total. The van der Waals surface area contributed by atoms with Crippen LogP contribution in [-0.2, 0) is 4.74 Å². The van der Waals surface area contributed by atoms with Crippen LogP contribution in [0, 0.1) is 35.5 Å². The van der Waals surface area contributed by atoms with Gasteiger partial charge in [-0.25, -0.2) is 9.97 Å². The number of nitrogens with one attached hydrogen (secondary N) is 2. The largest absolute Gasteiger partial charge is 0.381 e. The summed E-state index contributed by atoms with van der Waals surface area (Å²) in [6.07, 6.45) is 27.2. The van der Waals surface area contributed by atoms with Gasteiger partial charge < -0.3 is 14.7 Å². The second kappa shape index (κ2) is 11.2. The fraction of sp³-hybridized carbons (Fsp3) is 0.800. The molecule has 0 amide bonds. The van der Waals surface area contributed by atoms with Crippen LogP contribution in [0.2, 0.25) is 0 Å². The van der Waals surface area contributed by atoms with Crippen molar-refractivity contribution < 1.29 is 4.74 Å². The van der Waals surface area contributed by atoms with Crippen LogP contribution in [0.3, 0.4) is 0 Å². The Labute approximate surface area is 211 Å². The van der Waals surface area contributed by atoms with Crippen molar-refractivity contribution in [2.24, 2.45) is 35.5 Å². The van der Waals surface area contributed by atoms with Gasteiger partial charge in [-0.3, -0.25) is 0 Å². The first-order valence-corrected chi connectivity index (χ1v) is 14.9. The monoisotopic (exact) mass is 478 g/mol. The van der Waals surface area contributed by atoms with Gasteiger partial charge in [-0.15, -0.1) is 0 Å². The zero-order chi connectivity index (χ0) is 23.5. The van der Waals surface area contributed by atoms with Crippen molar-refractivity contribution in [2.75, 3.05) is 13.2 Å². The van der Waals surface area contributed by atoms with E-state index in [4.69, 9.17) is 4.74 Å². The Hall–Kier alpha value is -1.62. The van der Waals surface area contributed by atoms with Gasteiger partial charge in [0.05, 0.1) is 12.7 Å². The summed E-state index contributed by atoms with van der Waals surface area (Å²) in [4.78, 5) is 15.5. The highest BCUT2D eigenvalue weighted by molar-refractivity contribution is 5.11. The second-order valence-corrected chi connectivity index (χ2v) is 12.3. The smallest absolute Gasteiger partial charge is 0.0921 e. The van der Waals surface area contributed by atoms with Crippen molar-refractivity contribution in [3.05, 3.63) is 36.4 Å². The molecule has 4 aliphatic rings. The fourth-order valence-electron chi connectivity index (χ4n) is 8.35. The predicted molar refractivity (Wildman–Crippen MR) is 139 cm³/mol. The predicted octanol–water partition coefficient (Wildman–Crippen LogP) is 7.23. The topological polar surface area (TPSA) is 66.6 Å². The highest BCUT2D eigenvalue weighted by atomic mass is 16.5. The quantitative estimate of drug-likeness (QED) is 0.316. The third-order valence-corrected chi connectivity index (χ3v) is 10.1. The summed E-state index contributed by atoms with van der Waals surface area (Å²) in [6.45, 7) is 1.91. The number of ether oxygens (including phenoxy) is 1. The fourth-order valence-corrected chi connectivity index (χ4v) is 8.35. The normalized spacial score (nSPS) is 33.7. The van der Waals surface area contributed by atoms with E-state index in [1.54, 1.807) is 0 Å². The van der Waals surface area contributed by atoms with E-state index < -0.39 is 0 Å². The SMILES string of the molecule is c1ncc([C@@H]2CCCC(CCCOCCCC3CCC[C@@H](c4cnc[nH]4)[C@H]3C3CC3)[C@@H]2C2CC2)[nH]1. The van der Waals surface area contributed by atoms with Gasteiger partial charge in [0, 0.05) is 48.8 Å². The Kier molecular flexibility index (Phi) is 7.60. The average molecular weight is 479 g/mol. The Bertz CT molecular complexity index is 800. The zero-order valence-electron chi connectivity index (χ0n) is 21.5. The van der Waals surface area contributed by atoms with E-state index in [1.165, 1.54) is 101 Å². The molecule has 4 fully saturated rings. The summed E-state index contributed by atoms with van der Waals surface area (Å²) in [5, 5.41) is 0. The highest BCUT2D eigenvalue weighted by Gasteiger charge is 2.44. The molecular formula is C30H46N4O. The Morgan fingerprint density at radius 2 is 1.14 bits per heavy atom. The van der Waals surface area contributed by atoms with Gasteiger partial charge in [-0.2, -0.15) is 0 Å². The molecule has 2 heterocycles. The van der Waals surface area contributed by atoms with E-state index in [2.05, 4.69) is 32.3 Å². The van der Waals surface area contributed by atoms with E-state index in [1.807, 2.05) is 12.7 Å². The van der Waals surface area contributed by atoms with E-state index >= 15 is 0 Å². The summed E-state index contributed by atoms with van der Waals surface area (Å²) in [5.74, 6) is 6.87. The molecule has 0 aromatic carbocycles. The van der Waals surface area contributed by atoms with Crippen LogP contribution in [0.15, 0.2) is 25.0 Å². The molecule has 0 aliphatic heterocycles. The average Bonchev–Trinajstić information content (AvgIpc) is 3.79. The van der Waals surface area contributed by atoms with Gasteiger partial charge in [-0.05, 0) is 99.7 Å². The van der Waals surface area contributed by atoms with Gasteiger partial charge in [0.15, 0.2) is 0 Å². The van der Waals surface area contributed by atoms with E-state index in [0.717, 1.165) is 48.7 Å². The molecule has 0 saturated heterocycles. The molecule has 4 saturated carbocycles. The van der Waals surface area contributed by atoms with Crippen LogP contribution >= 0.6 is 0 Å². The van der Waals surface area contributed by atoms with Gasteiger partial charge >= 0.3 is 0 Å². The Morgan fingerprint density at radius 3 is 1.54 bits per heavy atom. The molecule has 2 aromatic rings. The first-order chi connectivity index (χ1) is 17.4. The summed E-state index contributed by atoms with van der Waals surface area (Å²) in [6, 6.07) is 0. The van der Waals surface area contributed by atoms with Crippen molar-refractivity contribution in [1.29, 1.82) is 0 Å². The molecule has 0 bridgehead atoms. The van der Waals surface area contributed by atoms with Gasteiger partial charge in [0.25, 0.3) is 0 Å². The minimum atomic E-state index is 0.713. The summed E-state index contributed by atoms with van der Waals surface area (Å²) in [7, 11) is 0. The van der Waals surface area contributed by atoms with Crippen LogP contribution in [-0.4, -0.2) is 33.1 Å². The molecule has 6 rings (SSSR count). The van der Waals surface area contributed by atoms with Crippen LogP contribution in [0.4, 0.5) is 0 Å². The molecular weight excluding hydrogens is 432 g/mol. The van der Waals surface area contributed by atoms with Crippen LogP contribution in [0.25, 0.3) is 0 Å². The Balaban J connectivity index is 0.924. The molecule has 35 heavy (non-hydrogen) atoms. The molecule has 0 radical (unpaired) electrons. The first-order valence-electron chi connectivity index (χ1n) is 14.9. The van der Waals surface area contributed by atoms with Gasteiger partial charge in [0.2, 0.25) is 0 Å². The summed E-state index contributed by atoms with van der Waals surface area (Å²) >= 11 is 0. The van der Waals surface area contributed by atoms with Crippen molar-refractivity contribution in [2.45, 2.75) is 102 Å². The van der Waals surface area contributed by atoms with Crippen molar-refractivity contribution in [3.8, 4) is 0 Å². The van der Waals surface area contributed by atoms with Crippen LogP contribution in [0.5, 0.6) is 0 Å². The molecule has 2 unspecified atom stereocenters. The number of H-pyrrole nitrogens is 2. The van der Waals surface area contributed by atoms with E-state index in [-0.39, 0.29) is 0 Å². The van der Waals surface area contributed by atoms with Gasteiger partial charge in [0.1, 0.15) is 0 Å². The van der Waals surface area contributed by atoms with Crippen molar-refractivity contribution >= 4 is 0 Å². The number of rotatable bonds is 12. The molecule has 5 heteroatoms. The third-order valence-electron chi connectivity index (χ3n) is 10.1. The lowest BCUT2D eigenvalue weighted by molar-refractivity contribution is 0.0951. The van der Waals surface area contributed by atoms with Crippen LogP contribution in [0.1, 0.15) is 113 Å². The maximum atomic E-state index is 6.20. The lowest BCUT2D eigenvalue weighted by Crippen LogP contribution is -2.29. The molecule has 192 valence electrons. The van der Waals surface area contributed by atoms with Crippen molar-refractivity contribution in [1.82, 2.24) is 19.9 Å². The number of hydrogen-bond donors (Lipinski definition) is 2. The van der Waals surface area contributed by atoms with Gasteiger partial charge in [-0.1, -0.05) is 25.7 Å². The lowest BCUT2D eigenvalue weighted by Gasteiger charge is -2.38. The molecule has 2 N–H and O–H groups in total. The maximum absolute atomic E-state index is 6.20. The number of hydrogen-bond acceptors (Lipinski definition) is 3. The summed E-state index contributed by atoms with van der Waals surface area (Å²) < 4.78 is 6.20. The molecule has 6 atom stereocenters. The highest BCUT2D eigenvalue weighted by Crippen LogP contribution is 2.54. The number of aromatic nitrogens is 4. The van der Waals surface area contributed by atoms with Crippen LogP contribution < -0.4 is 0 Å². The number of imidazole rings is 2.